The molecule has 33 heavy (non-hydrogen) atoms. The Morgan fingerprint density at radius 3 is 2.45 bits per heavy atom. The van der Waals surface area contributed by atoms with Crippen LogP contribution in [0.3, 0.4) is 0 Å². The van der Waals surface area contributed by atoms with Crippen LogP contribution in [0.5, 0.6) is 11.5 Å². The van der Waals surface area contributed by atoms with E-state index < -0.39 is 26.8 Å². The summed E-state index contributed by atoms with van der Waals surface area (Å²) in [5, 5.41) is 0.528. The highest BCUT2D eigenvalue weighted by Crippen LogP contribution is 2.36. The number of hydrogen-bond donors (Lipinski definition) is 1. The van der Waals surface area contributed by atoms with Crippen LogP contribution in [0.1, 0.15) is 32.1 Å². The van der Waals surface area contributed by atoms with Crippen molar-refractivity contribution < 1.29 is 32.3 Å². The lowest BCUT2D eigenvalue weighted by Crippen LogP contribution is -2.56. The molecule has 2 aliphatic heterocycles. The summed E-state index contributed by atoms with van der Waals surface area (Å²) in [6, 6.07) is 12.8. The largest absolute Gasteiger partial charge is 0.457 e. The smallest absolute Gasteiger partial charge is 0.265 e. The van der Waals surface area contributed by atoms with Gasteiger partial charge in [-0.15, -0.1) is 0 Å². The molecule has 178 valence electrons. The minimum absolute atomic E-state index is 0.0203. The Labute approximate surface area is 198 Å². The number of amides is 1. The third kappa shape index (κ3) is 5.33. The second kappa shape index (κ2) is 10.4. The summed E-state index contributed by atoms with van der Waals surface area (Å²) in [5.41, 5.74) is 2.35. The molecule has 2 aromatic rings. The highest BCUT2D eigenvalue weighted by Gasteiger charge is 2.52. The van der Waals surface area contributed by atoms with Crippen LogP contribution in [0.4, 0.5) is 0 Å². The number of carbonyl (C=O) groups is 1. The highest BCUT2D eigenvalue weighted by molar-refractivity contribution is 7.93. The van der Waals surface area contributed by atoms with E-state index in [-0.39, 0.29) is 31.0 Å². The van der Waals surface area contributed by atoms with Crippen molar-refractivity contribution in [3.8, 4) is 11.5 Å². The van der Waals surface area contributed by atoms with Gasteiger partial charge in [0.25, 0.3) is 5.91 Å². The summed E-state index contributed by atoms with van der Waals surface area (Å²) in [7, 11) is -4.06. The Bertz CT molecular complexity index is 1060. The fraction of sp³-hybridized carbons (Fsp3) is 0.435. The molecule has 0 saturated carbocycles. The summed E-state index contributed by atoms with van der Waals surface area (Å²) < 4.78 is 42.2. The lowest BCUT2D eigenvalue weighted by atomic mass is 9.98. The zero-order valence-corrected chi connectivity index (χ0v) is 19.6. The highest BCUT2D eigenvalue weighted by atomic mass is 35.5. The van der Waals surface area contributed by atoms with Crippen molar-refractivity contribution in [2.75, 3.05) is 19.8 Å². The third-order valence-corrected chi connectivity index (χ3v) is 8.57. The topological polar surface area (TPSA) is 100 Å². The Morgan fingerprint density at radius 2 is 1.79 bits per heavy atom. The number of sulfone groups is 1. The van der Waals surface area contributed by atoms with E-state index in [4.69, 9.17) is 30.6 Å². The minimum atomic E-state index is -4.06. The molecule has 1 unspecified atom stereocenters. The summed E-state index contributed by atoms with van der Waals surface area (Å²) in [4.78, 5) is 18.6. The Morgan fingerprint density at radius 1 is 1.03 bits per heavy atom. The van der Waals surface area contributed by atoms with Gasteiger partial charge in [0, 0.05) is 31.3 Å². The average molecular weight is 496 g/mol. The molecule has 2 saturated heterocycles. The van der Waals surface area contributed by atoms with Gasteiger partial charge in [-0.05, 0) is 68.1 Å². The maximum atomic E-state index is 13.7. The Balaban J connectivity index is 1.53. The van der Waals surface area contributed by atoms with Gasteiger partial charge in [0.2, 0.25) is 0 Å². The third-order valence-electron chi connectivity index (χ3n) is 5.82. The van der Waals surface area contributed by atoms with Crippen LogP contribution in [-0.4, -0.2) is 45.2 Å². The molecule has 2 aromatic carbocycles. The fourth-order valence-corrected chi connectivity index (χ4v) is 6.03. The lowest BCUT2D eigenvalue weighted by molar-refractivity contribution is -0.202. The molecule has 2 heterocycles. The molecular formula is C23H26ClNO7S. The number of rotatable bonds is 7. The number of halogens is 1. The first-order valence-electron chi connectivity index (χ1n) is 10.8. The second-order valence-corrected chi connectivity index (χ2v) is 10.7. The van der Waals surface area contributed by atoms with Crippen molar-refractivity contribution in [3.63, 3.8) is 0 Å². The van der Waals surface area contributed by atoms with Crippen molar-refractivity contribution in [1.82, 2.24) is 5.48 Å². The van der Waals surface area contributed by atoms with E-state index in [1.165, 1.54) is 12.1 Å². The van der Waals surface area contributed by atoms with Gasteiger partial charge < -0.3 is 14.2 Å². The maximum absolute atomic E-state index is 13.7. The van der Waals surface area contributed by atoms with Crippen molar-refractivity contribution in [2.45, 2.75) is 48.0 Å². The number of ether oxygens (including phenoxy) is 3. The molecule has 0 radical (unpaired) electrons. The molecule has 0 spiro atoms. The molecule has 1 atom stereocenters. The molecule has 1 amide bonds. The number of benzene rings is 2. The van der Waals surface area contributed by atoms with Crippen LogP contribution in [0, 0.1) is 0 Å². The van der Waals surface area contributed by atoms with Crippen LogP contribution >= 0.6 is 11.6 Å². The average Bonchev–Trinajstić information content (AvgIpc) is 2.84. The molecule has 2 aliphatic rings. The zero-order chi connectivity index (χ0) is 23.3. The summed E-state index contributed by atoms with van der Waals surface area (Å²) >= 11 is 5.98. The summed E-state index contributed by atoms with van der Waals surface area (Å²) in [5.74, 6) is 0.263. The molecule has 2 fully saturated rings. The summed E-state index contributed by atoms with van der Waals surface area (Å²) in [6.45, 7) is 0.854. The molecule has 0 aliphatic carbocycles. The van der Waals surface area contributed by atoms with E-state index in [1.54, 1.807) is 36.4 Å². The van der Waals surface area contributed by atoms with E-state index in [0.717, 1.165) is 12.8 Å². The van der Waals surface area contributed by atoms with Gasteiger partial charge in [-0.25, -0.2) is 18.7 Å². The first-order valence-corrected chi connectivity index (χ1v) is 12.7. The van der Waals surface area contributed by atoms with E-state index in [0.29, 0.717) is 29.5 Å². The number of hydroxylamine groups is 1. The normalized spacial score (nSPS) is 20.7. The van der Waals surface area contributed by atoms with Gasteiger partial charge in [0.05, 0.1) is 4.90 Å². The first-order chi connectivity index (χ1) is 15.9. The molecule has 1 N–H and O–H groups in total. The van der Waals surface area contributed by atoms with Crippen molar-refractivity contribution >= 4 is 27.3 Å². The molecule has 0 aromatic heterocycles. The number of nitrogens with one attached hydrogen (secondary N) is 1. The van der Waals surface area contributed by atoms with Gasteiger partial charge in [0.15, 0.2) is 20.9 Å². The van der Waals surface area contributed by atoms with Crippen LogP contribution in [0.2, 0.25) is 5.02 Å². The van der Waals surface area contributed by atoms with E-state index in [9.17, 15) is 13.2 Å². The lowest BCUT2D eigenvalue weighted by Gasteiger charge is -2.35. The van der Waals surface area contributed by atoms with Crippen molar-refractivity contribution in [3.05, 3.63) is 53.6 Å². The fourth-order valence-electron chi connectivity index (χ4n) is 3.91. The van der Waals surface area contributed by atoms with Crippen LogP contribution in [0.15, 0.2) is 53.4 Å². The SMILES string of the molecule is O=C(NOC1CCCCO1)C1(S(=O)(=O)c2ccc(Oc3cccc(Cl)c3)cc2)CCOCC1. The second-order valence-electron chi connectivity index (χ2n) is 7.99. The Kier molecular flexibility index (Phi) is 7.55. The van der Waals surface area contributed by atoms with Crippen molar-refractivity contribution in [1.29, 1.82) is 0 Å². The van der Waals surface area contributed by atoms with Crippen LogP contribution < -0.4 is 10.2 Å². The molecule has 4 rings (SSSR count). The van der Waals surface area contributed by atoms with E-state index in [2.05, 4.69) is 5.48 Å². The Hall–Kier alpha value is -2.17. The minimum Gasteiger partial charge on any atom is -0.457 e. The van der Waals surface area contributed by atoms with Gasteiger partial charge in [-0.2, -0.15) is 0 Å². The molecule has 8 nitrogen and oxygen atoms in total. The summed E-state index contributed by atoms with van der Waals surface area (Å²) in [6.07, 6.45) is 1.96. The first kappa shape index (κ1) is 24.0. The van der Waals surface area contributed by atoms with Crippen molar-refractivity contribution in [2.24, 2.45) is 0 Å². The monoisotopic (exact) mass is 495 g/mol. The maximum Gasteiger partial charge on any atom is 0.265 e. The zero-order valence-electron chi connectivity index (χ0n) is 18.0. The molecule has 0 bridgehead atoms. The van der Waals surface area contributed by atoms with Crippen LogP contribution in [0.25, 0.3) is 0 Å². The van der Waals surface area contributed by atoms with Gasteiger partial charge in [-0.3, -0.25) is 4.79 Å². The van der Waals surface area contributed by atoms with Gasteiger partial charge in [-0.1, -0.05) is 17.7 Å². The van der Waals surface area contributed by atoms with Crippen LogP contribution in [-0.2, 0) is 28.9 Å². The van der Waals surface area contributed by atoms with E-state index >= 15 is 0 Å². The van der Waals surface area contributed by atoms with Gasteiger partial charge >= 0.3 is 0 Å². The quantitative estimate of drug-likeness (QED) is 0.579. The number of hydrogen-bond acceptors (Lipinski definition) is 7. The number of carbonyl (C=O) groups excluding carboxylic acids is 1. The molecular weight excluding hydrogens is 470 g/mol. The van der Waals surface area contributed by atoms with Gasteiger partial charge in [0.1, 0.15) is 11.5 Å². The van der Waals surface area contributed by atoms with E-state index in [1.807, 2.05) is 0 Å². The molecule has 10 heteroatoms. The predicted octanol–water partition coefficient (Wildman–Crippen LogP) is 4.03. The standard InChI is InChI=1S/C23H26ClNO7S/c24-17-4-3-5-19(16-17)31-18-7-9-20(10-8-18)33(27,28)23(11-14-29-15-12-23)22(26)25-32-21-6-1-2-13-30-21/h3-5,7-10,16,21H,1-2,6,11-15H2,(H,25,26). The predicted molar refractivity (Wildman–Crippen MR) is 121 cm³/mol.